The third kappa shape index (κ3) is 6.16. The van der Waals surface area contributed by atoms with E-state index >= 15 is 0 Å². The third-order valence-corrected chi connectivity index (χ3v) is 4.62. The molecule has 136 valence electrons. The molecule has 0 spiro atoms. The number of hydrogen-bond acceptors (Lipinski definition) is 4. The van der Waals surface area contributed by atoms with E-state index in [1.165, 1.54) is 5.56 Å². The Bertz CT molecular complexity index is 600. The van der Waals surface area contributed by atoms with Gasteiger partial charge >= 0.3 is 0 Å². The summed E-state index contributed by atoms with van der Waals surface area (Å²) >= 11 is 0. The van der Waals surface area contributed by atoms with Crippen LogP contribution in [0.2, 0.25) is 0 Å². The second kappa shape index (κ2) is 10.2. The first-order valence-corrected chi connectivity index (χ1v) is 8.97. The van der Waals surface area contributed by atoms with Crippen LogP contribution in [0.15, 0.2) is 54.6 Å². The van der Waals surface area contributed by atoms with Crippen LogP contribution in [0.3, 0.4) is 0 Å². The topological polar surface area (TPSA) is 63.9 Å². The Morgan fingerprint density at radius 1 is 0.920 bits per heavy atom. The molecule has 4 heteroatoms. The minimum absolute atomic E-state index is 0.0631. The van der Waals surface area contributed by atoms with Gasteiger partial charge in [-0.05, 0) is 56.0 Å². The molecule has 0 amide bonds. The molecule has 0 aliphatic rings. The van der Waals surface area contributed by atoms with Gasteiger partial charge in [0.2, 0.25) is 0 Å². The molecule has 2 aromatic carbocycles. The van der Waals surface area contributed by atoms with Crippen LogP contribution in [-0.4, -0.2) is 46.0 Å². The first kappa shape index (κ1) is 19.4. The van der Waals surface area contributed by atoms with Gasteiger partial charge in [-0.1, -0.05) is 42.5 Å². The maximum atomic E-state index is 10.7. The van der Waals surface area contributed by atoms with Crippen LogP contribution in [0.1, 0.15) is 37.0 Å². The number of phenols is 1. The minimum Gasteiger partial charge on any atom is -0.508 e. The Morgan fingerprint density at radius 2 is 1.56 bits per heavy atom. The fourth-order valence-corrected chi connectivity index (χ4v) is 3.07. The van der Waals surface area contributed by atoms with E-state index in [0.717, 1.165) is 31.5 Å². The van der Waals surface area contributed by atoms with Gasteiger partial charge in [-0.15, -0.1) is 0 Å². The lowest BCUT2D eigenvalue weighted by molar-refractivity contribution is 0.0533. The lowest BCUT2D eigenvalue weighted by atomic mass is 10.0. The van der Waals surface area contributed by atoms with Crippen molar-refractivity contribution < 1.29 is 15.3 Å². The molecule has 0 saturated heterocycles. The molecule has 4 nitrogen and oxygen atoms in total. The fourth-order valence-electron chi connectivity index (χ4n) is 3.07. The Hall–Kier alpha value is -1.88. The molecular weight excluding hydrogens is 314 g/mol. The summed E-state index contributed by atoms with van der Waals surface area (Å²) in [6.45, 7) is 3.78. The van der Waals surface area contributed by atoms with E-state index in [2.05, 4.69) is 29.2 Å². The molecule has 0 radical (unpaired) electrons. The number of aliphatic hydroxyl groups is 2. The van der Waals surface area contributed by atoms with E-state index in [-0.39, 0.29) is 18.4 Å². The largest absolute Gasteiger partial charge is 0.508 e. The van der Waals surface area contributed by atoms with Crippen molar-refractivity contribution in [3.05, 3.63) is 65.7 Å². The molecule has 0 bridgehead atoms. The highest BCUT2D eigenvalue weighted by molar-refractivity contribution is 5.27. The zero-order valence-corrected chi connectivity index (χ0v) is 14.9. The van der Waals surface area contributed by atoms with Crippen molar-refractivity contribution in [2.75, 3.05) is 19.7 Å². The van der Waals surface area contributed by atoms with E-state index in [9.17, 15) is 10.2 Å². The highest BCUT2D eigenvalue weighted by atomic mass is 16.3. The summed E-state index contributed by atoms with van der Waals surface area (Å²) in [6, 6.07) is 17.0. The van der Waals surface area contributed by atoms with Crippen LogP contribution < -0.4 is 0 Å². The van der Waals surface area contributed by atoms with Crippen molar-refractivity contribution in [1.29, 1.82) is 0 Å². The van der Waals surface area contributed by atoms with Gasteiger partial charge in [-0.2, -0.15) is 0 Å². The Morgan fingerprint density at radius 3 is 2.20 bits per heavy atom. The number of rotatable bonds is 10. The van der Waals surface area contributed by atoms with Crippen molar-refractivity contribution in [3.63, 3.8) is 0 Å². The number of benzene rings is 2. The second-order valence-corrected chi connectivity index (χ2v) is 6.48. The lowest BCUT2D eigenvalue weighted by Crippen LogP contribution is -2.39. The Balaban J connectivity index is 1.95. The van der Waals surface area contributed by atoms with Gasteiger partial charge in [0.1, 0.15) is 5.75 Å². The monoisotopic (exact) mass is 343 g/mol. The van der Waals surface area contributed by atoms with E-state index in [0.29, 0.717) is 6.42 Å². The van der Waals surface area contributed by atoms with Gasteiger partial charge in [0.25, 0.3) is 0 Å². The maximum absolute atomic E-state index is 10.7. The van der Waals surface area contributed by atoms with Crippen molar-refractivity contribution >= 4 is 0 Å². The number of aliphatic hydroxyl groups excluding tert-OH is 2. The van der Waals surface area contributed by atoms with Crippen LogP contribution >= 0.6 is 0 Å². The molecule has 0 fully saturated rings. The molecule has 2 aromatic rings. The van der Waals surface area contributed by atoms with Gasteiger partial charge in [-0.3, -0.25) is 4.90 Å². The van der Waals surface area contributed by atoms with Gasteiger partial charge in [0.05, 0.1) is 6.10 Å². The van der Waals surface area contributed by atoms with Crippen molar-refractivity contribution in [1.82, 2.24) is 4.90 Å². The van der Waals surface area contributed by atoms with Crippen molar-refractivity contribution in [2.24, 2.45) is 0 Å². The van der Waals surface area contributed by atoms with Gasteiger partial charge in [-0.25, -0.2) is 0 Å². The summed E-state index contributed by atoms with van der Waals surface area (Å²) in [5.74, 6) is 0.198. The molecule has 0 aliphatic heterocycles. The van der Waals surface area contributed by atoms with Crippen LogP contribution in [0.25, 0.3) is 0 Å². The van der Waals surface area contributed by atoms with Gasteiger partial charge < -0.3 is 15.3 Å². The first-order chi connectivity index (χ1) is 12.1. The molecule has 3 N–H and O–H groups in total. The predicted octanol–water partition coefficient (Wildman–Crippen LogP) is 3.13. The first-order valence-electron chi connectivity index (χ1n) is 8.97. The number of hydrogen-bond donors (Lipinski definition) is 3. The second-order valence-electron chi connectivity index (χ2n) is 6.48. The standard InChI is InChI=1S/C21H29NO3/c1-17(21(25)19-10-12-20(24)13-11-19)22(15-6-16-23)14-5-9-18-7-3-2-4-8-18/h2-4,7-8,10-13,17,21,23-25H,5-6,9,14-16H2,1H3/t17-,21+/m0/s1. The average molecular weight is 343 g/mol. The normalized spacial score (nSPS) is 13.8. The number of aromatic hydroxyl groups is 1. The molecule has 0 saturated carbocycles. The summed E-state index contributed by atoms with van der Waals surface area (Å²) in [6.07, 6.45) is 2.06. The molecule has 0 unspecified atom stereocenters. The SMILES string of the molecule is C[C@@H]([C@@H](O)c1ccc(O)cc1)N(CCCO)CCCc1ccccc1. The third-order valence-electron chi connectivity index (χ3n) is 4.62. The van der Waals surface area contributed by atoms with E-state index in [1.54, 1.807) is 24.3 Å². The lowest BCUT2D eigenvalue weighted by Gasteiger charge is -2.32. The summed E-state index contributed by atoms with van der Waals surface area (Å²) in [5.41, 5.74) is 2.11. The van der Waals surface area contributed by atoms with Gasteiger partial charge in [0, 0.05) is 19.2 Å². The molecule has 0 heterocycles. The zero-order chi connectivity index (χ0) is 18.1. The Labute approximate surface area is 150 Å². The fraction of sp³-hybridized carbons (Fsp3) is 0.429. The highest BCUT2D eigenvalue weighted by Crippen LogP contribution is 2.23. The average Bonchev–Trinajstić information content (AvgIpc) is 2.65. The molecule has 2 rings (SSSR count). The smallest absolute Gasteiger partial charge is 0.115 e. The van der Waals surface area contributed by atoms with E-state index < -0.39 is 6.10 Å². The van der Waals surface area contributed by atoms with E-state index in [1.807, 2.05) is 13.0 Å². The molecule has 2 atom stereocenters. The summed E-state index contributed by atoms with van der Waals surface area (Å²) < 4.78 is 0. The molecule has 0 aromatic heterocycles. The molecule has 0 aliphatic carbocycles. The predicted molar refractivity (Wildman–Crippen MR) is 101 cm³/mol. The maximum Gasteiger partial charge on any atom is 0.115 e. The molecule has 25 heavy (non-hydrogen) atoms. The van der Waals surface area contributed by atoms with Crippen LogP contribution in [0, 0.1) is 0 Å². The van der Waals surface area contributed by atoms with E-state index in [4.69, 9.17) is 5.11 Å². The van der Waals surface area contributed by atoms with Crippen molar-refractivity contribution in [2.45, 2.75) is 38.3 Å². The molecular formula is C21H29NO3. The number of nitrogens with zero attached hydrogens (tertiary/aromatic N) is 1. The summed E-state index contributed by atoms with van der Waals surface area (Å²) in [5, 5.41) is 29.3. The summed E-state index contributed by atoms with van der Waals surface area (Å²) in [4.78, 5) is 2.23. The van der Waals surface area contributed by atoms with Crippen LogP contribution in [-0.2, 0) is 6.42 Å². The number of phenolic OH excluding ortho intramolecular Hbond substituents is 1. The van der Waals surface area contributed by atoms with Gasteiger partial charge in [0.15, 0.2) is 0 Å². The summed E-state index contributed by atoms with van der Waals surface area (Å²) in [7, 11) is 0. The minimum atomic E-state index is -0.629. The Kier molecular flexibility index (Phi) is 7.92. The zero-order valence-electron chi connectivity index (χ0n) is 14.9. The number of aryl methyl sites for hydroxylation is 1. The van der Waals surface area contributed by atoms with Crippen LogP contribution in [0.4, 0.5) is 0 Å². The van der Waals surface area contributed by atoms with Crippen molar-refractivity contribution in [3.8, 4) is 5.75 Å². The highest BCUT2D eigenvalue weighted by Gasteiger charge is 2.22. The van der Waals surface area contributed by atoms with Crippen LogP contribution in [0.5, 0.6) is 5.75 Å². The quantitative estimate of drug-likeness (QED) is 0.620.